The van der Waals surface area contributed by atoms with Gasteiger partial charge in [-0.3, -0.25) is 19.3 Å². The van der Waals surface area contributed by atoms with Crippen molar-refractivity contribution >= 4 is 56.9 Å². The summed E-state index contributed by atoms with van der Waals surface area (Å²) in [5.41, 5.74) is 1.15. The van der Waals surface area contributed by atoms with Crippen LogP contribution in [0.1, 0.15) is 12.0 Å². The van der Waals surface area contributed by atoms with E-state index >= 15 is 0 Å². The second-order valence-electron chi connectivity index (χ2n) is 9.03. The van der Waals surface area contributed by atoms with Crippen molar-refractivity contribution in [3.63, 3.8) is 0 Å². The molecule has 2 aromatic rings. The number of allylic oxidation sites excluding steroid dienone is 2. The van der Waals surface area contributed by atoms with Crippen LogP contribution < -0.4 is 5.32 Å². The fourth-order valence-corrected chi connectivity index (χ4v) is 6.08. The first kappa shape index (κ1) is 23.8. The van der Waals surface area contributed by atoms with E-state index in [9.17, 15) is 19.2 Å². The number of carbonyl (C=O) groups excluding carboxylic acids is 4. The van der Waals surface area contributed by atoms with Crippen molar-refractivity contribution in [2.45, 2.75) is 18.9 Å². The van der Waals surface area contributed by atoms with Gasteiger partial charge < -0.3 is 10.1 Å². The SMILES string of the molecule is O=C(COC(=O)[C@H](Cc1ccccc1)N1C(=O)[C@H]2[C@H](C1=O)[C@H]1C=C[C@H]2C1)Nc1ccc(Br)cc1Cl. The first-order valence-electron chi connectivity index (χ1n) is 11.3. The van der Waals surface area contributed by atoms with Crippen LogP contribution in [0.2, 0.25) is 5.02 Å². The Hall–Kier alpha value is -2.97. The highest BCUT2D eigenvalue weighted by Gasteiger charge is 2.61. The molecule has 1 aliphatic heterocycles. The number of fused-ring (bicyclic) bond motifs is 5. The zero-order valence-corrected chi connectivity index (χ0v) is 20.9. The molecular weight excluding hydrogens is 536 g/mol. The van der Waals surface area contributed by atoms with Crippen molar-refractivity contribution in [1.29, 1.82) is 0 Å². The molecule has 2 bridgehead atoms. The fourth-order valence-electron chi connectivity index (χ4n) is 5.36. The number of rotatable bonds is 7. The van der Waals surface area contributed by atoms with Gasteiger partial charge in [0.15, 0.2) is 6.61 Å². The minimum Gasteiger partial charge on any atom is -0.454 e. The van der Waals surface area contributed by atoms with Gasteiger partial charge in [0.25, 0.3) is 5.91 Å². The summed E-state index contributed by atoms with van der Waals surface area (Å²) in [7, 11) is 0. The van der Waals surface area contributed by atoms with Crippen LogP contribution in [-0.2, 0) is 30.3 Å². The Kier molecular flexibility index (Phi) is 6.51. The van der Waals surface area contributed by atoms with Crippen molar-refractivity contribution in [2.24, 2.45) is 23.7 Å². The van der Waals surface area contributed by atoms with Gasteiger partial charge in [0.05, 0.1) is 22.5 Å². The third kappa shape index (κ3) is 4.52. The lowest BCUT2D eigenvalue weighted by molar-refractivity contribution is -0.160. The van der Waals surface area contributed by atoms with E-state index in [1.54, 1.807) is 18.2 Å². The standard InChI is InChI=1S/C26H22BrClN2O5/c27-17-8-9-19(18(28)12-17)29-21(31)13-35-26(34)20(10-14-4-2-1-3-5-14)30-24(32)22-15-6-7-16(11-15)23(22)25(30)33/h1-9,12,15-16,20,22-23H,10-11,13H2,(H,29,31)/t15-,16-,20-,22+,23+/m0/s1. The molecule has 7 nitrogen and oxygen atoms in total. The zero-order valence-electron chi connectivity index (χ0n) is 18.5. The third-order valence-corrected chi connectivity index (χ3v) is 7.72. The summed E-state index contributed by atoms with van der Waals surface area (Å²) >= 11 is 9.43. The lowest BCUT2D eigenvalue weighted by Gasteiger charge is -2.26. The van der Waals surface area contributed by atoms with E-state index < -0.39 is 36.4 Å². The topological polar surface area (TPSA) is 92.8 Å². The number of anilines is 1. The number of amides is 3. The van der Waals surface area contributed by atoms with Crippen LogP contribution in [0.5, 0.6) is 0 Å². The number of esters is 1. The molecule has 0 spiro atoms. The van der Waals surface area contributed by atoms with Crippen molar-refractivity contribution in [1.82, 2.24) is 4.90 Å². The van der Waals surface area contributed by atoms with E-state index in [4.69, 9.17) is 16.3 Å². The molecule has 5 rings (SSSR count). The second-order valence-corrected chi connectivity index (χ2v) is 10.4. The Morgan fingerprint density at radius 3 is 2.34 bits per heavy atom. The van der Waals surface area contributed by atoms with E-state index in [1.807, 2.05) is 42.5 Å². The average Bonchev–Trinajstić information content (AvgIpc) is 3.52. The van der Waals surface area contributed by atoms with Crippen LogP contribution in [-0.4, -0.2) is 41.2 Å². The van der Waals surface area contributed by atoms with Crippen LogP contribution in [0.4, 0.5) is 5.69 Å². The summed E-state index contributed by atoms with van der Waals surface area (Å²) in [6, 6.07) is 12.9. The predicted molar refractivity (Wildman–Crippen MR) is 132 cm³/mol. The van der Waals surface area contributed by atoms with Gasteiger partial charge in [-0.2, -0.15) is 0 Å². The second kappa shape index (κ2) is 9.59. The summed E-state index contributed by atoms with van der Waals surface area (Å²) in [6.45, 7) is -0.577. The summed E-state index contributed by atoms with van der Waals surface area (Å²) in [5.74, 6) is -2.84. The molecule has 0 unspecified atom stereocenters. The fraction of sp³-hybridized carbons (Fsp3) is 0.308. The van der Waals surface area contributed by atoms with Crippen LogP contribution in [0.25, 0.3) is 0 Å². The van der Waals surface area contributed by atoms with Gasteiger partial charge in [-0.25, -0.2) is 4.79 Å². The van der Waals surface area contributed by atoms with Gasteiger partial charge in [-0.05, 0) is 42.0 Å². The van der Waals surface area contributed by atoms with Gasteiger partial charge in [0.1, 0.15) is 6.04 Å². The molecule has 3 amide bonds. The molecule has 1 saturated carbocycles. The quantitative estimate of drug-likeness (QED) is 0.316. The number of nitrogens with zero attached hydrogens (tertiary/aromatic N) is 1. The smallest absolute Gasteiger partial charge is 0.330 e. The number of ether oxygens (including phenoxy) is 1. The Labute approximate surface area is 215 Å². The molecule has 9 heteroatoms. The molecule has 1 N–H and O–H groups in total. The molecule has 2 aromatic carbocycles. The predicted octanol–water partition coefficient (Wildman–Crippen LogP) is 4.00. The summed E-state index contributed by atoms with van der Waals surface area (Å²) in [4.78, 5) is 53.4. The normalized spacial score (nSPS) is 25.0. The minimum absolute atomic E-state index is 0.0290. The number of benzene rings is 2. The molecule has 0 radical (unpaired) electrons. The molecule has 1 saturated heterocycles. The average molecular weight is 558 g/mol. The molecule has 5 atom stereocenters. The number of hydrogen-bond donors (Lipinski definition) is 1. The van der Waals surface area contributed by atoms with Crippen LogP contribution in [0, 0.1) is 23.7 Å². The van der Waals surface area contributed by atoms with Crippen LogP contribution in [0.15, 0.2) is 65.2 Å². The molecule has 1 heterocycles. The number of imide groups is 1. The lowest BCUT2D eigenvalue weighted by atomic mass is 9.85. The summed E-state index contributed by atoms with van der Waals surface area (Å²) in [5, 5.41) is 2.92. The summed E-state index contributed by atoms with van der Waals surface area (Å²) < 4.78 is 6.06. The Morgan fingerprint density at radius 2 is 1.71 bits per heavy atom. The molecule has 180 valence electrons. The van der Waals surface area contributed by atoms with Gasteiger partial charge in [-0.1, -0.05) is 70.0 Å². The number of hydrogen-bond acceptors (Lipinski definition) is 5. The van der Waals surface area contributed by atoms with Gasteiger partial charge in [0, 0.05) is 10.9 Å². The van der Waals surface area contributed by atoms with E-state index in [0.717, 1.165) is 21.4 Å². The van der Waals surface area contributed by atoms with Gasteiger partial charge in [0.2, 0.25) is 11.8 Å². The van der Waals surface area contributed by atoms with Crippen molar-refractivity contribution in [2.75, 3.05) is 11.9 Å². The maximum Gasteiger partial charge on any atom is 0.330 e. The highest BCUT2D eigenvalue weighted by Crippen LogP contribution is 2.53. The third-order valence-electron chi connectivity index (χ3n) is 6.91. The van der Waals surface area contributed by atoms with Crippen LogP contribution in [0.3, 0.4) is 0 Å². The molecule has 0 aromatic heterocycles. The largest absolute Gasteiger partial charge is 0.454 e. The number of likely N-dealkylation sites (tertiary alicyclic amines) is 1. The number of carbonyl (C=O) groups is 4. The van der Waals surface area contributed by atoms with Crippen molar-refractivity contribution in [3.05, 3.63) is 75.7 Å². The maximum atomic E-state index is 13.3. The monoisotopic (exact) mass is 556 g/mol. The first-order chi connectivity index (χ1) is 16.8. The molecule has 2 fully saturated rings. The lowest BCUT2D eigenvalue weighted by Crippen LogP contribution is -2.48. The van der Waals surface area contributed by atoms with Crippen molar-refractivity contribution in [3.8, 4) is 0 Å². The minimum atomic E-state index is -1.15. The van der Waals surface area contributed by atoms with Gasteiger partial charge in [-0.15, -0.1) is 0 Å². The van der Waals surface area contributed by atoms with E-state index in [-0.39, 0.29) is 30.1 Å². The summed E-state index contributed by atoms with van der Waals surface area (Å²) in [6.07, 6.45) is 4.91. The van der Waals surface area contributed by atoms with Crippen molar-refractivity contribution < 1.29 is 23.9 Å². The van der Waals surface area contributed by atoms with E-state index in [2.05, 4.69) is 21.2 Å². The molecular formula is C26H22BrClN2O5. The Bertz CT molecular complexity index is 1200. The van der Waals surface area contributed by atoms with Crippen LogP contribution >= 0.6 is 27.5 Å². The molecule has 2 aliphatic carbocycles. The highest BCUT2D eigenvalue weighted by atomic mass is 79.9. The molecule has 3 aliphatic rings. The number of halogens is 2. The van der Waals surface area contributed by atoms with Gasteiger partial charge >= 0.3 is 5.97 Å². The Morgan fingerprint density at radius 1 is 1.06 bits per heavy atom. The maximum absolute atomic E-state index is 13.3. The number of nitrogens with one attached hydrogen (secondary N) is 1. The van der Waals surface area contributed by atoms with E-state index in [1.165, 1.54) is 0 Å². The highest BCUT2D eigenvalue weighted by molar-refractivity contribution is 9.10. The molecule has 35 heavy (non-hydrogen) atoms. The first-order valence-corrected chi connectivity index (χ1v) is 12.5. The zero-order chi connectivity index (χ0) is 24.7. The Balaban J connectivity index is 1.32. The van der Waals surface area contributed by atoms with E-state index in [0.29, 0.717) is 10.7 Å².